The number of piperazine rings is 1. The van der Waals surface area contributed by atoms with Gasteiger partial charge in [-0.3, -0.25) is 9.69 Å². The van der Waals surface area contributed by atoms with Gasteiger partial charge in [0.2, 0.25) is 5.91 Å². The summed E-state index contributed by atoms with van der Waals surface area (Å²) >= 11 is 1.37. The molecule has 0 spiro atoms. The second kappa shape index (κ2) is 9.67. The van der Waals surface area contributed by atoms with Crippen LogP contribution < -0.4 is 0 Å². The molecule has 0 saturated carbocycles. The molecule has 2 aliphatic rings. The first-order valence-electron chi connectivity index (χ1n) is 11.6. The van der Waals surface area contributed by atoms with Gasteiger partial charge in [-0.2, -0.15) is 0 Å². The highest BCUT2D eigenvalue weighted by Crippen LogP contribution is 2.29. The van der Waals surface area contributed by atoms with Crippen molar-refractivity contribution >= 4 is 38.3 Å². The third kappa shape index (κ3) is 4.99. The molecule has 1 unspecified atom stereocenters. The Bertz CT molecular complexity index is 1290. The second-order valence-electron chi connectivity index (χ2n) is 9.08. The van der Waals surface area contributed by atoms with Crippen LogP contribution in [0.3, 0.4) is 0 Å². The number of hydrogen-bond acceptors (Lipinski definition) is 7. The van der Waals surface area contributed by atoms with Gasteiger partial charge in [-0.1, -0.05) is 54.2 Å². The van der Waals surface area contributed by atoms with Gasteiger partial charge in [0.05, 0.1) is 17.3 Å². The van der Waals surface area contributed by atoms with E-state index in [1.54, 1.807) is 0 Å². The lowest BCUT2D eigenvalue weighted by molar-refractivity contribution is -0.130. The van der Waals surface area contributed by atoms with Crippen LogP contribution in [-0.4, -0.2) is 82.3 Å². The largest absolute Gasteiger partial charge is 0.339 e. The van der Waals surface area contributed by atoms with Gasteiger partial charge in [0, 0.05) is 45.7 Å². The van der Waals surface area contributed by atoms with E-state index in [9.17, 15) is 13.2 Å². The van der Waals surface area contributed by atoms with Crippen molar-refractivity contribution in [2.75, 3.05) is 43.4 Å². The van der Waals surface area contributed by atoms with E-state index in [-0.39, 0.29) is 23.3 Å². The van der Waals surface area contributed by atoms with E-state index in [4.69, 9.17) is 0 Å². The number of aromatic nitrogens is 3. The van der Waals surface area contributed by atoms with Crippen LogP contribution in [0.4, 0.5) is 0 Å². The molecule has 180 valence electrons. The maximum atomic E-state index is 12.8. The molecule has 0 aliphatic carbocycles. The van der Waals surface area contributed by atoms with Gasteiger partial charge in [-0.25, -0.2) is 8.42 Å². The molecule has 1 aromatic heterocycles. The SMILES string of the molecule is Cn1c(SCC(=O)N2CCN(Cc3cccc4ccccc34)CC2)nnc1C1CCS(=O)(=O)C1. The number of rotatable bonds is 6. The fraction of sp³-hybridized carbons (Fsp3) is 0.458. The molecule has 2 fully saturated rings. The van der Waals surface area contributed by atoms with Crippen molar-refractivity contribution in [2.45, 2.75) is 24.0 Å². The average Bonchev–Trinajstić information content (AvgIpc) is 3.39. The van der Waals surface area contributed by atoms with Crippen molar-refractivity contribution in [3.05, 3.63) is 53.9 Å². The predicted molar refractivity (Wildman–Crippen MR) is 134 cm³/mol. The fourth-order valence-electron chi connectivity index (χ4n) is 4.85. The Kier molecular flexibility index (Phi) is 6.63. The van der Waals surface area contributed by atoms with Crippen molar-refractivity contribution in [2.24, 2.45) is 7.05 Å². The molecule has 2 aliphatic heterocycles. The number of carbonyl (C=O) groups excluding carboxylic acids is 1. The second-order valence-corrected chi connectivity index (χ2v) is 12.3. The van der Waals surface area contributed by atoms with E-state index in [1.165, 1.54) is 28.1 Å². The summed E-state index contributed by atoms with van der Waals surface area (Å²) in [6.45, 7) is 4.02. The summed E-state index contributed by atoms with van der Waals surface area (Å²) < 4.78 is 25.4. The molecule has 0 N–H and O–H groups in total. The van der Waals surface area contributed by atoms with Crippen LogP contribution in [0.5, 0.6) is 0 Å². The van der Waals surface area contributed by atoms with Crippen LogP contribution in [0.15, 0.2) is 47.6 Å². The lowest BCUT2D eigenvalue weighted by Gasteiger charge is -2.35. The first kappa shape index (κ1) is 23.3. The van der Waals surface area contributed by atoms with Crippen LogP contribution in [0.2, 0.25) is 0 Å². The Morgan fingerprint density at radius 1 is 1.06 bits per heavy atom. The Hall–Kier alpha value is -2.43. The molecule has 34 heavy (non-hydrogen) atoms. The summed E-state index contributed by atoms with van der Waals surface area (Å²) in [5.41, 5.74) is 1.32. The van der Waals surface area contributed by atoms with E-state index in [1.807, 2.05) is 16.5 Å². The molecular weight excluding hydrogens is 470 g/mol. The maximum Gasteiger partial charge on any atom is 0.233 e. The summed E-state index contributed by atoms with van der Waals surface area (Å²) in [6.07, 6.45) is 0.584. The quantitative estimate of drug-likeness (QED) is 0.481. The summed E-state index contributed by atoms with van der Waals surface area (Å²) in [4.78, 5) is 17.2. The average molecular weight is 500 g/mol. The van der Waals surface area contributed by atoms with E-state index in [0.29, 0.717) is 36.2 Å². The number of benzene rings is 2. The molecule has 1 amide bonds. The van der Waals surface area contributed by atoms with Gasteiger partial charge in [-0.05, 0) is 22.8 Å². The third-order valence-corrected chi connectivity index (χ3v) is 9.56. The molecule has 8 nitrogen and oxygen atoms in total. The third-order valence-electron chi connectivity index (χ3n) is 6.79. The molecule has 2 saturated heterocycles. The zero-order valence-electron chi connectivity index (χ0n) is 19.3. The summed E-state index contributed by atoms with van der Waals surface area (Å²) in [7, 11) is -1.13. The molecule has 2 aromatic carbocycles. The molecule has 10 heteroatoms. The highest BCUT2D eigenvalue weighted by molar-refractivity contribution is 7.99. The molecule has 0 radical (unpaired) electrons. The Morgan fingerprint density at radius 2 is 1.82 bits per heavy atom. The van der Waals surface area contributed by atoms with E-state index >= 15 is 0 Å². The van der Waals surface area contributed by atoms with Gasteiger partial charge >= 0.3 is 0 Å². The first-order chi connectivity index (χ1) is 16.4. The molecule has 3 aromatic rings. The number of sulfone groups is 1. The van der Waals surface area contributed by atoms with Crippen molar-refractivity contribution < 1.29 is 13.2 Å². The number of fused-ring (bicyclic) bond motifs is 1. The van der Waals surface area contributed by atoms with Gasteiger partial charge in [0.15, 0.2) is 15.0 Å². The number of nitrogens with zero attached hydrogens (tertiary/aromatic N) is 5. The predicted octanol–water partition coefficient (Wildman–Crippen LogP) is 2.31. The van der Waals surface area contributed by atoms with Crippen LogP contribution >= 0.6 is 11.8 Å². The van der Waals surface area contributed by atoms with Gasteiger partial charge in [0.1, 0.15) is 5.82 Å². The minimum absolute atomic E-state index is 0.0998. The smallest absolute Gasteiger partial charge is 0.233 e. The van der Waals surface area contributed by atoms with Gasteiger partial charge < -0.3 is 9.47 Å². The maximum absolute atomic E-state index is 12.8. The number of hydrogen-bond donors (Lipinski definition) is 0. The Labute approximate surface area is 204 Å². The number of amides is 1. The summed E-state index contributed by atoms with van der Waals surface area (Å²) in [5, 5.41) is 11.6. The fourth-order valence-corrected chi connectivity index (χ4v) is 7.41. The number of carbonyl (C=O) groups is 1. The van der Waals surface area contributed by atoms with Crippen molar-refractivity contribution in [3.8, 4) is 0 Å². The number of thioether (sulfide) groups is 1. The van der Waals surface area contributed by atoms with E-state index in [2.05, 4.69) is 57.6 Å². The topological polar surface area (TPSA) is 88.4 Å². The zero-order valence-corrected chi connectivity index (χ0v) is 20.9. The van der Waals surface area contributed by atoms with Crippen LogP contribution in [0.1, 0.15) is 23.7 Å². The molecule has 5 rings (SSSR count). The highest BCUT2D eigenvalue weighted by atomic mass is 32.2. The Balaban J connectivity index is 1.13. The van der Waals surface area contributed by atoms with Crippen molar-refractivity contribution in [3.63, 3.8) is 0 Å². The van der Waals surface area contributed by atoms with E-state index < -0.39 is 9.84 Å². The molecule has 0 bridgehead atoms. The van der Waals surface area contributed by atoms with Gasteiger partial charge in [0.25, 0.3) is 0 Å². The lowest BCUT2D eigenvalue weighted by Crippen LogP contribution is -2.48. The lowest BCUT2D eigenvalue weighted by atomic mass is 10.0. The van der Waals surface area contributed by atoms with Crippen molar-refractivity contribution in [1.82, 2.24) is 24.6 Å². The minimum Gasteiger partial charge on any atom is -0.339 e. The van der Waals surface area contributed by atoms with Crippen LogP contribution in [-0.2, 0) is 28.2 Å². The molecular formula is C24H29N5O3S2. The van der Waals surface area contributed by atoms with Crippen molar-refractivity contribution in [1.29, 1.82) is 0 Å². The first-order valence-corrected chi connectivity index (χ1v) is 14.4. The zero-order chi connectivity index (χ0) is 23.7. The highest BCUT2D eigenvalue weighted by Gasteiger charge is 2.32. The van der Waals surface area contributed by atoms with Crippen LogP contribution in [0.25, 0.3) is 10.8 Å². The normalized spacial score (nSPS) is 20.7. The van der Waals surface area contributed by atoms with Gasteiger partial charge in [-0.15, -0.1) is 10.2 Å². The Morgan fingerprint density at radius 3 is 2.59 bits per heavy atom. The van der Waals surface area contributed by atoms with Crippen LogP contribution in [0, 0.1) is 0 Å². The standard InChI is InChI=1S/C24H29N5O3S2/c1-27-23(20-9-14-34(31,32)17-20)25-26-24(27)33-16-22(30)29-12-10-28(11-13-29)15-19-7-4-6-18-5-2-3-8-21(18)19/h2-8,20H,9-17H2,1H3. The minimum atomic E-state index is -2.98. The molecule has 1 atom stereocenters. The van der Waals surface area contributed by atoms with E-state index in [0.717, 1.165) is 19.6 Å². The molecule has 3 heterocycles. The monoisotopic (exact) mass is 499 g/mol. The summed E-state index contributed by atoms with van der Waals surface area (Å²) in [5.74, 6) is 1.32. The summed E-state index contributed by atoms with van der Waals surface area (Å²) in [6, 6.07) is 14.9.